The summed E-state index contributed by atoms with van der Waals surface area (Å²) in [7, 11) is 0. The quantitative estimate of drug-likeness (QED) is 0.247. The zero-order valence-corrected chi connectivity index (χ0v) is 19.6. The average Bonchev–Trinajstić information content (AvgIpc) is 2.72. The molecule has 0 aromatic heterocycles. The summed E-state index contributed by atoms with van der Waals surface area (Å²) >= 11 is 0. The molecule has 0 radical (unpaired) electrons. The highest BCUT2D eigenvalue weighted by atomic mass is 16.4. The number of carboxylic acids is 1. The minimum Gasteiger partial charge on any atom is -0.508 e. The molecule has 0 aliphatic heterocycles. The van der Waals surface area contributed by atoms with Crippen LogP contribution in [0.4, 0.5) is 0 Å². The third-order valence-electron chi connectivity index (χ3n) is 4.88. The Bertz CT molecular complexity index is 810. The highest BCUT2D eigenvalue weighted by molar-refractivity contribution is 5.93. The van der Waals surface area contributed by atoms with Crippen LogP contribution in [0.1, 0.15) is 46.1 Å². The summed E-state index contributed by atoms with van der Waals surface area (Å²) in [5.74, 6) is -2.69. The highest BCUT2D eigenvalue weighted by Gasteiger charge is 2.30. The summed E-state index contributed by atoms with van der Waals surface area (Å²) in [5.41, 5.74) is 5.96. The molecule has 0 aliphatic carbocycles. The topological polar surface area (TPSA) is 171 Å². The van der Waals surface area contributed by atoms with Crippen LogP contribution in [0, 0.1) is 11.8 Å². The fourth-order valence-electron chi connectivity index (χ4n) is 3.27. The molecular formula is C23H36N4O6. The van der Waals surface area contributed by atoms with Crippen LogP contribution in [0.15, 0.2) is 24.3 Å². The van der Waals surface area contributed by atoms with E-state index < -0.39 is 41.8 Å². The molecule has 10 nitrogen and oxygen atoms in total. The van der Waals surface area contributed by atoms with Gasteiger partial charge in [-0.1, -0.05) is 39.8 Å². The summed E-state index contributed by atoms with van der Waals surface area (Å²) in [5, 5.41) is 26.7. The summed E-state index contributed by atoms with van der Waals surface area (Å²) < 4.78 is 0. The second kappa shape index (κ2) is 13.4. The first-order chi connectivity index (χ1) is 15.4. The first-order valence-corrected chi connectivity index (χ1v) is 11.0. The Morgan fingerprint density at radius 1 is 0.818 bits per heavy atom. The van der Waals surface area contributed by atoms with Gasteiger partial charge in [0.15, 0.2) is 0 Å². The maximum absolute atomic E-state index is 13.0. The number of phenols is 1. The van der Waals surface area contributed by atoms with Gasteiger partial charge in [-0.05, 0) is 42.4 Å². The number of carbonyl (C=O) groups excluding carboxylic acids is 3. The predicted octanol–water partition coefficient (Wildman–Crippen LogP) is 0.525. The van der Waals surface area contributed by atoms with Gasteiger partial charge in [0.2, 0.25) is 17.7 Å². The van der Waals surface area contributed by atoms with Crippen molar-refractivity contribution >= 4 is 23.7 Å². The van der Waals surface area contributed by atoms with Gasteiger partial charge in [0.25, 0.3) is 0 Å². The number of hydrogen-bond acceptors (Lipinski definition) is 6. The molecule has 0 spiro atoms. The van der Waals surface area contributed by atoms with Crippen LogP contribution in [0.3, 0.4) is 0 Å². The van der Waals surface area contributed by atoms with E-state index in [-0.39, 0.29) is 37.0 Å². The van der Waals surface area contributed by atoms with E-state index in [1.54, 1.807) is 12.1 Å². The number of amides is 3. The van der Waals surface area contributed by atoms with Gasteiger partial charge < -0.3 is 31.9 Å². The summed E-state index contributed by atoms with van der Waals surface area (Å²) in [6.07, 6.45) is 0.640. The van der Waals surface area contributed by atoms with Crippen LogP contribution in [-0.2, 0) is 25.6 Å². The monoisotopic (exact) mass is 464 g/mol. The standard InChI is InChI=1S/C23H36N4O6/c1-13(2)9-17(25-20(29)12-24)21(30)26-18(10-14(3)4)22(31)27-19(23(32)33)11-15-5-7-16(28)8-6-15/h5-8,13-14,17-19,28H,9-12,24H2,1-4H3,(H,25,29)(H,26,30)(H,27,31)(H,32,33). The van der Waals surface area contributed by atoms with E-state index in [9.17, 15) is 29.4 Å². The van der Waals surface area contributed by atoms with Gasteiger partial charge in [0.1, 0.15) is 23.9 Å². The van der Waals surface area contributed by atoms with Gasteiger partial charge in [0, 0.05) is 6.42 Å². The third-order valence-corrected chi connectivity index (χ3v) is 4.88. The van der Waals surface area contributed by atoms with Gasteiger partial charge in [-0.25, -0.2) is 4.79 Å². The van der Waals surface area contributed by atoms with Gasteiger partial charge in [-0.2, -0.15) is 0 Å². The van der Waals surface area contributed by atoms with Crippen molar-refractivity contribution in [3.63, 3.8) is 0 Å². The van der Waals surface area contributed by atoms with Crippen molar-refractivity contribution in [2.24, 2.45) is 17.6 Å². The molecule has 7 N–H and O–H groups in total. The van der Waals surface area contributed by atoms with Gasteiger partial charge in [-0.15, -0.1) is 0 Å². The van der Waals surface area contributed by atoms with Crippen molar-refractivity contribution in [2.75, 3.05) is 6.54 Å². The second-order valence-corrected chi connectivity index (χ2v) is 8.91. The van der Waals surface area contributed by atoms with E-state index >= 15 is 0 Å². The number of aromatic hydroxyl groups is 1. The number of hydrogen-bond donors (Lipinski definition) is 6. The van der Waals surface area contributed by atoms with Crippen molar-refractivity contribution in [3.05, 3.63) is 29.8 Å². The zero-order chi connectivity index (χ0) is 25.1. The summed E-state index contributed by atoms with van der Waals surface area (Å²) in [6.45, 7) is 7.27. The maximum Gasteiger partial charge on any atom is 0.326 e. The van der Waals surface area contributed by atoms with E-state index in [1.807, 2.05) is 27.7 Å². The zero-order valence-electron chi connectivity index (χ0n) is 19.6. The molecule has 0 bridgehead atoms. The second-order valence-electron chi connectivity index (χ2n) is 8.91. The number of carboxylic acid groups (broad SMARTS) is 1. The number of nitrogens with two attached hydrogens (primary N) is 1. The fourth-order valence-corrected chi connectivity index (χ4v) is 3.27. The number of aliphatic carboxylic acids is 1. The van der Waals surface area contributed by atoms with Crippen molar-refractivity contribution < 1.29 is 29.4 Å². The van der Waals surface area contributed by atoms with Crippen LogP contribution < -0.4 is 21.7 Å². The Hall–Kier alpha value is -3.14. The Kier molecular flexibility index (Phi) is 11.3. The van der Waals surface area contributed by atoms with E-state index in [1.165, 1.54) is 12.1 Å². The molecule has 0 heterocycles. The lowest BCUT2D eigenvalue weighted by molar-refractivity contribution is -0.142. The van der Waals surface area contributed by atoms with Crippen LogP contribution >= 0.6 is 0 Å². The van der Waals surface area contributed by atoms with Crippen LogP contribution in [0.5, 0.6) is 5.75 Å². The summed E-state index contributed by atoms with van der Waals surface area (Å²) in [4.78, 5) is 49.3. The van der Waals surface area contributed by atoms with Crippen molar-refractivity contribution in [1.82, 2.24) is 16.0 Å². The molecule has 0 saturated carbocycles. The molecule has 1 rings (SSSR count). The smallest absolute Gasteiger partial charge is 0.326 e. The van der Waals surface area contributed by atoms with E-state index in [0.717, 1.165) is 0 Å². The predicted molar refractivity (Wildman–Crippen MR) is 123 cm³/mol. The van der Waals surface area contributed by atoms with Crippen LogP contribution in [0.25, 0.3) is 0 Å². The third kappa shape index (κ3) is 10.3. The average molecular weight is 465 g/mol. The number of rotatable bonds is 13. The molecule has 0 saturated heterocycles. The number of nitrogens with one attached hydrogen (secondary N) is 3. The molecular weight excluding hydrogens is 428 g/mol. The molecule has 3 unspecified atom stereocenters. The van der Waals surface area contributed by atoms with E-state index in [4.69, 9.17) is 5.73 Å². The molecule has 0 fully saturated rings. The molecule has 0 aliphatic rings. The molecule has 184 valence electrons. The van der Waals surface area contributed by atoms with E-state index in [2.05, 4.69) is 16.0 Å². The first kappa shape index (κ1) is 27.9. The minimum atomic E-state index is -1.22. The normalized spacial score (nSPS) is 13.8. The first-order valence-electron chi connectivity index (χ1n) is 11.0. The molecule has 3 amide bonds. The van der Waals surface area contributed by atoms with Crippen molar-refractivity contribution in [3.8, 4) is 5.75 Å². The highest BCUT2D eigenvalue weighted by Crippen LogP contribution is 2.13. The van der Waals surface area contributed by atoms with E-state index in [0.29, 0.717) is 12.0 Å². The van der Waals surface area contributed by atoms with Crippen molar-refractivity contribution in [1.29, 1.82) is 0 Å². The number of carbonyl (C=O) groups is 4. The number of phenolic OH excluding ortho intramolecular Hbond substituents is 1. The lowest BCUT2D eigenvalue weighted by Crippen LogP contribution is -2.57. The van der Waals surface area contributed by atoms with Crippen LogP contribution in [-0.4, -0.2) is 58.6 Å². The van der Waals surface area contributed by atoms with Gasteiger partial charge in [0.05, 0.1) is 6.54 Å². The SMILES string of the molecule is CC(C)CC(NC(=O)CN)C(=O)NC(CC(C)C)C(=O)NC(Cc1ccc(O)cc1)C(=O)O. The Morgan fingerprint density at radius 3 is 1.70 bits per heavy atom. The minimum absolute atomic E-state index is 0.00618. The molecule has 3 atom stereocenters. The fraction of sp³-hybridized carbons (Fsp3) is 0.565. The largest absolute Gasteiger partial charge is 0.508 e. The van der Waals surface area contributed by atoms with Gasteiger partial charge >= 0.3 is 5.97 Å². The Balaban J connectivity index is 2.97. The lowest BCUT2D eigenvalue weighted by Gasteiger charge is -2.26. The number of benzene rings is 1. The van der Waals surface area contributed by atoms with Gasteiger partial charge in [-0.3, -0.25) is 14.4 Å². The molecule has 1 aromatic rings. The molecule has 10 heteroatoms. The summed E-state index contributed by atoms with van der Waals surface area (Å²) in [6, 6.07) is 2.93. The van der Waals surface area contributed by atoms with Crippen molar-refractivity contribution in [2.45, 2.75) is 65.1 Å². The maximum atomic E-state index is 13.0. The Morgan fingerprint density at radius 2 is 1.27 bits per heavy atom. The van der Waals surface area contributed by atoms with Crippen LogP contribution in [0.2, 0.25) is 0 Å². The lowest BCUT2D eigenvalue weighted by atomic mass is 9.99. The Labute approximate surface area is 194 Å². The molecule has 1 aromatic carbocycles. The molecule has 33 heavy (non-hydrogen) atoms.